The number of piperazine rings is 1. The Morgan fingerprint density at radius 3 is 2.51 bits per heavy atom. The van der Waals surface area contributed by atoms with Gasteiger partial charge in [0.1, 0.15) is 5.69 Å². The van der Waals surface area contributed by atoms with Crippen LogP contribution in [0, 0.1) is 5.92 Å². The third kappa shape index (κ3) is 4.55. The molecule has 0 radical (unpaired) electrons. The molecule has 1 atom stereocenters. The van der Waals surface area contributed by atoms with Crippen molar-refractivity contribution in [2.75, 3.05) is 48.4 Å². The summed E-state index contributed by atoms with van der Waals surface area (Å²) >= 11 is 6.51. The molecular formula is C23H28ClF2N5O3S. The molecule has 190 valence electrons. The highest BCUT2D eigenvalue weighted by molar-refractivity contribution is 8.26. The Hall–Kier alpha value is -2.18. The molecule has 0 bridgehead atoms. The predicted molar refractivity (Wildman–Crippen MR) is 134 cm³/mol. The van der Waals surface area contributed by atoms with Gasteiger partial charge in [0.25, 0.3) is 5.92 Å². The fourth-order valence-corrected chi connectivity index (χ4v) is 6.29. The maximum atomic E-state index is 13.5. The maximum absolute atomic E-state index is 13.5. The summed E-state index contributed by atoms with van der Waals surface area (Å²) in [4.78, 5) is 20.3. The van der Waals surface area contributed by atoms with E-state index in [0.717, 1.165) is 18.7 Å². The van der Waals surface area contributed by atoms with E-state index in [-0.39, 0.29) is 18.9 Å². The topological polar surface area (TPSA) is 83.4 Å². The molecule has 8 nitrogen and oxygen atoms in total. The van der Waals surface area contributed by atoms with Gasteiger partial charge < -0.3 is 4.90 Å². The van der Waals surface area contributed by atoms with Gasteiger partial charge in [0.15, 0.2) is 5.82 Å². The lowest BCUT2D eigenvalue weighted by atomic mass is 10.1. The highest BCUT2D eigenvalue weighted by Gasteiger charge is 2.59. The van der Waals surface area contributed by atoms with Crippen LogP contribution in [0.5, 0.6) is 0 Å². The van der Waals surface area contributed by atoms with Gasteiger partial charge in [0, 0.05) is 76.2 Å². The number of fused-ring (bicyclic) bond motifs is 1. The lowest BCUT2D eigenvalue weighted by Crippen LogP contribution is -2.47. The summed E-state index contributed by atoms with van der Waals surface area (Å²) in [5.74, 6) is -3.27. The molecule has 1 aromatic carbocycles. The minimum absolute atomic E-state index is 0.0899. The third-order valence-corrected chi connectivity index (χ3v) is 9.13. The smallest absolute Gasteiger partial charge is 0.253 e. The first-order valence-corrected chi connectivity index (χ1v) is 13.3. The minimum Gasteiger partial charge on any atom is -0.340 e. The quantitative estimate of drug-likeness (QED) is 0.590. The number of anilines is 2. The molecule has 0 spiro atoms. The van der Waals surface area contributed by atoms with Crippen molar-refractivity contribution in [3.8, 4) is 11.3 Å². The molecule has 12 heteroatoms. The number of hydrogen-bond acceptors (Lipinski definition) is 7. The van der Waals surface area contributed by atoms with E-state index in [0.29, 0.717) is 47.4 Å². The van der Waals surface area contributed by atoms with E-state index in [1.165, 1.54) is 15.7 Å². The monoisotopic (exact) mass is 527 g/mol. The van der Waals surface area contributed by atoms with Crippen molar-refractivity contribution in [3.05, 3.63) is 40.9 Å². The molecule has 2 aromatic rings. The zero-order chi connectivity index (χ0) is 25.1. The maximum Gasteiger partial charge on any atom is 0.253 e. The molecule has 1 aromatic heterocycles. The van der Waals surface area contributed by atoms with E-state index in [1.807, 2.05) is 23.1 Å². The summed E-state index contributed by atoms with van der Waals surface area (Å²) < 4.78 is 51.0. The molecule has 1 amide bonds. The van der Waals surface area contributed by atoms with Crippen LogP contribution in [0.3, 0.4) is 0 Å². The van der Waals surface area contributed by atoms with Gasteiger partial charge in [-0.1, -0.05) is 17.7 Å². The Morgan fingerprint density at radius 2 is 1.89 bits per heavy atom. The zero-order valence-corrected chi connectivity index (χ0v) is 21.1. The number of benzene rings is 1. The van der Waals surface area contributed by atoms with E-state index >= 15 is 0 Å². The van der Waals surface area contributed by atoms with E-state index in [2.05, 4.69) is 9.88 Å². The summed E-state index contributed by atoms with van der Waals surface area (Å²) in [7, 11) is -1.98. The molecule has 2 aliphatic heterocycles. The summed E-state index contributed by atoms with van der Waals surface area (Å²) in [6.45, 7) is 5.10. The van der Waals surface area contributed by atoms with Crippen molar-refractivity contribution >= 4 is 40.0 Å². The number of carbonyl (C=O) groups excluding carboxylic acids is 1. The Labute approximate surface area is 209 Å². The predicted octanol–water partition coefficient (Wildman–Crippen LogP) is 4.56. The summed E-state index contributed by atoms with van der Waals surface area (Å²) in [5.41, 5.74) is 2.71. The van der Waals surface area contributed by atoms with Gasteiger partial charge in [-0.25, -0.2) is 22.4 Å². The lowest BCUT2D eigenvalue weighted by molar-refractivity contribution is -0.130. The van der Waals surface area contributed by atoms with Gasteiger partial charge in [0.05, 0.1) is 5.69 Å². The van der Waals surface area contributed by atoms with Crippen LogP contribution in [0.15, 0.2) is 30.3 Å². The first-order chi connectivity index (χ1) is 16.5. The van der Waals surface area contributed by atoms with Crippen LogP contribution in [0.2, 0.25) is 5.02 Å². The summed E-state index contributed by atoms with van der Waals surface area (Å²) in [6.07, 6.45) is -0.254. The number of pyridine rings is 1. The molecule has 2 N–H and O–H groups in total. The van der Waals surface area contributed by atoms with Crippen LogP contribution in [0.25, 0.3) is 11.3 Å². The van der Waals surface area contributed by atoms with E-state index < -0.39 is 22.8 Å². The standard InChI is InChI=1S/C23H28ClF2N5O3S/c1-15(32)30-9-7-29(8-10-30)13-16-3-4-19(24)18(11-16)20-5-6-21-22(27-20)28(2)35(33,34)31(21)14-17-12-23(17,25)26/h3-6,11,17,33-34H,7-10,12-14H2,1-2H3. The largest absolute Gasteiger partial charge is 0.340 e. The summed E-state index contributed by atoms with van der Waals surface area (Å²) in [6, 6.07) is 9.13. The molecule has 1 unspecified atom stereocenters. The Kier molecular flexibility index (Phi) is 6.12. The van der Waals surface area contributed by atoms with Crippen LogP contribution in [-0.4, -0.2) is 75.5 Å². The van der Waals surface area contributed by atoms with Crippen molar-refractivity contribution < 1.29 is 22.7 Å². The van der Waals surface area contributed by atoms with Gasteiger partial charge in [-0.3, -0.25) is 18.8 Å². The second-order valence-electron chi connectivity index (χ2n) is 9.35. The van der Waals surface area contributed by atoms with Crippen LogP contribution >= 0.6 is 22.6 Å². The fourth-order valence-electron chi connectivity index (χ4n) is 4.63. The van der Waals surface area contributed by atoms with Crippen molar-refractivity contribution in [2.24, 2.45) is 5.92 Å². The van der Waals surface area contributed by atoms with Gasteiger partial charge in [-0.2, -0.15) is 0 Å². The van der Waals surface area contributed by atoms with E-state index in [1.54, 1.807) is 19.1 Å². The van der Waals surface area contributed by atoms with Crippen LogP contribution in [0.4, 0.5) is 20.3 Å². The zero-order valence-electron chi connectivity index (χ0n) is 19.5. The van der Waals surface area contributed by atoms with Gasteiger partial charge in [-0.15, -0.1) is 0 Å². The first kappa shape index (κ1) is 24.5. The summed E-state index contributed by atoms with van der Waals surface area (Å²) in [5, 5.41) is 0.504. The van der Waals surface area contributed by atoms with E-state index in [4.69, 9.17) is 11.6 Å². The molecule has 5 rings (SSSR count). The number of halogens is 3. The highest BCUT2D eigenvalue weighted by Crippen LogP contribution is 2.62. The Morgan fingerprint density at radius 1 is 1.20 bits per heavy atom. The van der Waals surface area contributed by atoms with Crippen LogP contribution in [0.1, 0.15) is 18.9 Å². The second-order valence-corrected chi connectivity index (χ2v) is 11.7. The Balaban J connectivity index is 1.37. The number of carbonyl (C=O) groups is 1. The highest BCUT2D eigenvalue weighted by atomic mass is 35.5. The van der Waals surface area contributed by atoms with Crippen molar-refractivity contribution in [2.45, 2.75) is 25.8 Å². The normalized spacial score (nSPS) is 23.9. The molecule has 35 heavy (non-hydrogen) atoms. The molecule has 3 aliphatic rings. The number of hydrogen-bond donors (Lipinski definition) is 2. The molecule has 3 heterocycles. The van der Waals surface area contributed by atoms with Crippen molar-refractivity contribution in [1.29, 1.82) is 0 Å². The van der Waals surface area contributed by atoms with Gasteiger partial charge in [0.2, 0.25) is 5.91 Å². The van der Waals surface area contributed by atoms with Crippen molar-refractivity contribution in [1.82, 2.24) is 14.8 Å². The number of rotatable bonds is 5. The van der Waals surface area contributed by atoms with Gasteiger partial charge in [-0.05, 0) is 40.8 Å². The number of nitrogens with zero attached hydrogens (tertiary/aromatic N) is 5. The average molecular weight is 528 g/mol. The molecular weight excluding hydrogens is 500 g/mol. The second kappa shape index (κ2) is 8.74. The molecule has 2 fully saturated rings. The lowest BCUT2D eigenvalue weighted by Gasteiger charge is -2.41. The number of aromatic nitrogens is 1. The van der Waals surface area contributed by atoms with Crippen molar-refractivity contribution in [3.63, 3.8) is 0 Å². The van der Waals surface area contributed by atoms with Crippen LogP contribution < -0.4 is 8.61 Å². The molecule has 1 saturated heterocycles. The SMILES string of the molecule is CC(=O)N1CCN(Cc2ccc(Cl)c(-c3ccc4c(n3)N(C)S(O)(O)N4CC3CC3(F)F)c2)CC1. The van der Waals surface area contributed by atoms with E-state index in [9.17, 15) is 22.7 Å². The molecule has 1 aliphatic carbocycles. The fraction of sp³-hybridized carbons (Fsp3) is 0.478. The number of amides is 1. The first-order valence-electron chi connectivity index (χ1n) is 11.4. The number of alkyl halides is 2. The van der Waals surface area contributed by atoms with Crippen LogP contribution in [-0.2, 0) is 11.3 Å². The third-order valence-electron chi connectivity index (χ3n) is 6.96. The minimum atomic E-state index is -3.47. The average Bonchev–Trinajstić information content (AvgIpc) is 3.38. The Bertz CT molecular complexity index is 1160. The van der Waals surface area contributed by atoms with Gasteiger partial charge >= 0.3 is 0 Å². The molecule has 1 saturated carbocycles.